The van der Waals surface area contributed by atoms with Crippen molar-refractivity contribution in [3.63, 3.8) is 0 Å². The second-order valence-electron chi connectivity index (χ2n) is 7.62. The number of hydrogen-bond acceptors (Lipinski definition) is 2. The van der Waals surface area contributed by atoms with Crippen molar-refractivity contribution >= 4 is 11.6 Å². The Morgan fingerprint density at radius 3 is 2.18 bits per heavy atom. The lowest BCUT2D eigenvalue weighted by Crippen LogP contribution is -2.58. The minimum atomic E-state index is -0.601. The quantitative estimate of drug-likeness (QED) is 0.621. The predicted molar refractivity (Wildman–Crippen MR) is 115 cm³/mol. The zero-order valence-corrected chi connectivity index (χ0v) is 16.6. The Kier molecular flexibility index (Phi) is 4.68. The number of carbonyl (C=O) groups excluding carboxylic acids is 1. The Labute approximate surface area is 167 Å². The summed E-state index contributed by atoms with van der Waals surface area (Å²) in [5.41, 5.74) is 4.47. The summed E-state index contributed by atoms with van der Waals surface area (Å²) in [5, 5.41) is 3.65. The molecule has 3 nitrogen and oxygen atoms in total. The predicted octanol–water partition coefficient (Wildman–Crippen LogP) is 5.89. The van der Waals surface area contributed by atoms with E-state index in [0.29, 0.717) is 0 Å². The Bertz CT molecular complexity index is 981. The van der Waals surface area contributed by atoms with E-state index in [-0.39, 0.29) is 11.9 Å². The summed E-state index contributed by atoms with van der Waals surface area (Å²) in [4.78, 5) is 15.4. The van der Waals surface area contributed by atoms with Gasteiger partial charge in [-0.05, 0) is 49.1 Å². The number of nitrogens with one attached hydrogen (secondary N) is 1. The second-order valence-corrected chi connectivity index (χ2v) is 7.62. The first-order valence-corrected chi connectivity index (χ1v) is 9.91. The van der Waals surface area contributed by atoms with E-state index in [2.05, 4.69) is 62.5 Å². The number of para-hydroxylation sites is 1. The van der Waals surface area contributed by atoms with Crippen LogP contribution in [0.15, 0.2) is 78.9 Å². The maximum Gasteiger partial charge on any atom is 0.258 e. The van der Waals surface area contributed by atoms with E-state index in [0.717, 1.165) is 23.2 Å². The fraction of sp³-hybridized carbons (Fsp3) is 0.240. The summed E-state index contributed by atoms with van der Waals surface area (Å²) in [5.74, 6) is 0.0818. The second kappa shape index (κ2) is 7.16. The smallest absolute Gasteiger partial charge is 0.258 e. The van der Waals surface area contributed by atoms with Crippen molar-refractivity contribution in [3.8, 4) is 11.1 Å². The third-order valence-electron chi connectivity index (χ3n) is 5.82. The molecule has 1 aliphatic heterocycles. The van der Waals surface area contributed by atoms with E-state index in [4.69, 9.17) is 0 Å². The molecule has 4 rings (SSSR count). The molecule has 3 heteroatoms. The summed E-state index contributed by atoms with van der Waals surface area (Å²) in [7, 11) is 0. The third kappa shape index (κ3) is 2.97. The molecule has 0 aromatic heterocycles. The number of benzene rings is 3. The number of hydrogen-bond donors (Lipinski definition) is 1. The van der Waals surface area contributed by atoms with Crippen molar-refractivity contribution in [1.82, 2.24) is 4.90 Å². The average Bonchev–Trinajstić information content (AvgIpc) is 2.74. The summed E-state index contributed by atoms with van der Waals surface area (Å²) >= 11 is 0. The van der Waals surface area contributed by atoms with Crippen LogP contribution in [0.3, 0.4) is 0 Å². The van der Waals surface area contributed by atoms with Gasteiger partial charge in [0.25, 0.3) is 5.91 Å². The molecule has 0 saturated carbocycles. The van der Waals surface area contributed by atoms with Crippen molar-refractivity contribution < 1.29 is 4.79 Å². The Morgan fingerprint density at radius 2 is 1.50 bits per heavy atom. The van der Waals surface area contributed by atoms with E-state index in [1.807, 2.05) is 47.4 Å². The summed E-state index contributed by atoms with van der Waals surface area (Å²) in [6.07, 6.45) is 0.896. The molecule has 2 unspecified atom stereocenters. The van der Waals surface area contributed by atoms with Gasteiger partial charge in [0, 0.05) is 11.7 Å². The van der Waals surface area contributed by atoms with Crippen molar-refractivity contribution in [2.24, 2.45) is 0 Å². The van der Waals surface area contributed by atoms with Crippen molar-refractivity contribution in [2.75, 3.05) is 5.32 Å². The van der Waals surface area contributed by atoms with Gasteiger partial charge in [0.2, 0.25) is 0 Å². The van der Waals surface area contributed by atoms with E-state index in [1.54, 1.807) is 0 Å². The molecule has 3 aromatic rings. The van der Waals surface area contributed by atoms with Gasteiger partial charge in [0.1, 0.15) is 5.66 Å². The van der Waals surface area contributed by atoms with E-state index in [1.165, 1.54) is 11.1 Å². The first-order valence-electron chi connectivity index (χ1n) is 9.91. The summed E-state index contributed by atoms with van der Waals surface area (Å²) in [6, 6.07) is 26.8. The highest BCUT2D eigenvalue weighted by molar-refractivity contribution is 6.02. The standard InChI is InChI=1S/C25H26N2O/c1-4-18(2)27-24(28)22-12-8-9-13-23(22)26-25(27,3)21-16-14-20(15-17-21)19-10-6-5-7-11-19/h5-18,26H,4H2,1-3H3. The number of amides is 1. The molecule has 0 radical (unpaired) electrons. The fourth-order valence-corrected chi connectivity index (χ4v) is 4.09. The minimum absolute atomic E-state index is 0.0818. The minimum Gasteiger partial charge on any atom is -0.358 e. The zero-order chi connectivity index (χ0) is 19.7. The van der Waals surface area contributed by atoms with Crippen LogP contribution in [0, 0.1) is 0 Å². The molecule has 3 aromatic carbocycles. The van der Waals surface area contributed by atoms with Crippen LogP contribution in [0.4, 0.5) is 5.69 Å². The maximum absolute atomic E-state index is 13.4. The number of fused-ring (bicyclic) bond motifs is 1. The highest BCUT2D eigenvalue weighted by atomic mass is 16.2. The van der Waals surface area contributed by atoms with Gasteiger partial charge in [-0.15, -0.1) is 0 Å². The van der Waals surface area contributed by atoms with Crippen LogP contribution in [0.25, 0.3) is 11.1 Å². The average molecular weight is 370 g/mol. The molecule has 2 atom stereocenters. The third-order valence-corrected chi connectivity index (χ3v) is 5.82. The topological polar surface area (TPSA) is 32.3 Å². The van der Waals surface area contributed by atoms with E-state index in [9.17, 15) is 4.79 Å². The van der Waals surface area contributed by atoms with Crippen molar-refractivity contribution in [3.05, 3.63) is 90.0 Å². The van der Waals surface area contributed by atoms with Crippen LogP contribution in [-0.4, -0.2) is 16.8 Å². The van der Waals surface area contributed by atoms with Crippen LogP contribution in [0.1, 0.15) is 43.1 Å². The number of carbonyl (C=O) groups is 1. The highest BCUT2D eigenvalue weighted by Gasteiger charge is 2.44. The molecule has 1 amide bonds. The van der Waals surface area contributed by atoms with Crippen LogP contribution < -0.4 is 5.32 Å². The van der Waals surface area contributed by atoms with Crippen LogP contribution in [0.5, 0.6) is 0 Å². The van der Waals surface area contributed by atoms with E-state index < -0.39 is 5.66 Å². The number of anilines is 1. The fourth-order valence-electron chi connectivity index (χ4n) is 4.09. The normalized spacial score (nSPS) is 19.7. The van der Waals surface area contributed by atoms with E-state index >= 15 is 0 Å². The van der Waals surface area contributed by atoms with Gasteiger partial charge in [0.05, 0.1) is 5.56 Å². The van der Waals surface area contributed by atoms with Gasteiger partial charge in [-0.25, -0.2) is 0 Å². The SMILES string of the molecule is CCC(C)N1C(=O)c2ccccc2NC1(C)c1ccc(-c2ccccc2)cc1. The van der Waals surface area contributed by atoms with Gasteiger partial charge < -0.3 is 10.2 Å². The molecule has 142 valence electrons. The largest absolute Gasteiger partial charge is 0.358 e. The summed E-state index contributed by atoms with van der Waals surface area (Å²) < 4.78 is 0. The summed E-state index contributed by atoms with van der Waals surface area (Å²) in [6.45, 7) is 6.34. The first-order chi connectivity index (χ1) is 13.5. The Hall–Kier alpha value is -3.07. The number of nitrogens with zero attached hydrogens (tertiary/aromatic N) is 1. The number of rotatable bonds is 4. The molecule has 1 N–H and O–H groups in total. The lowest BCUT2D eigenvalue weighted by molar-refractivity contribution is 0.0400. The van der Waals surface area contributed by atoms with Gasteiger partial charge in [-0.2, -0.15) is 0 Å². The van der Waals surface area contributed by atoms with Gasteiger partial charge in [-0.3, -0.25) is 4.79 Å². The van der Waals surface area contributed by atoms with Gasteiger partial charge >= 0.3 is 0 Å². The molecule has 0 saturated heterocycles. The molecule has 28 heavy (non-hydrogen) atoms. The molecule has 1 aliphatic rings. The Balaban J connectivity index is 1.78. The lowest BCUT2D eigenvalue weighted by Gasteiger charge is -2.49. The molecule has 1 heterocycles. The highest BCUT2D eigenvalue weighted by Crippen LogP contribution is 2.40. The molecule has 0 fully saturated rings. The van der Waals surface area contributed by atoms with Crippen molar-refractivity contribution in [2.45, 2.75) is 38.9 Å². The van der Waals surface area contributed by atoms with Gasteiger partial charge in [0.15, 0.2) is 0 Å². The molecular formula is C25H26N2O. The lowest BCUT2D eigenvalue weighted by atomic mass is 9.90. The zero-order valence-electron chi connectivity index (χ0n) is 16.6. The molecule has 0 bridgehead atoms. The van der Waals surface area contributed by atoms with Crippen LogP contribution in [-0.2, 0) is 5.66 Å². The van der Waals surface area contributed by atoms with Crippen LogP contribution in [0.2, 0.25) is 0 Å². The Morgan fingerprint density at radius 1 is 0.893 bits per heavy atom. The molecule has 0 spiro atoms. The molecular weight excluding hydrogens is 344 g/mol. The maximum atomic E-state index is 13.4. The molecule has 0 aliphatic carbocycles. The van der Waals surface area contributed by atoms with Gasteiger partial charge in [-0.1, -0.05) is 73.7 Å². The monoisotopic (exact) mass is 370 g/mol. The van der Waals surface area contributed by atoms with Crippen LogP contribution >= 0.6 is 0 Å². The first kappa shape index (κ1) is 18.3. The van der Waals surface area contributed by atoms with Crippen molar-refractivity contribution in [1.29, 1.82) is 0 Å².